The molecular weight excluding hydrogens is 404 g/mol. The SMILES string of the molecule is CCn1c(SCc2nc3sc4c(c3c(=O)[nH]2)CCCC4)nnc1-c1ccncc1. The largest absolute Gasteiger partial charge is 0.309 e. The van der Waals surface area contributed by atoms with Crippen LogP contribution in [0, 0.1) is 0 Å². The number of rotatable bonds is 5. The number of aromatic nitrogens is 6. The van der Waals surface area contributed by atoms with E-state index in [1.807, 2.05) is 12.1 Å². The topological polar surface area (TPSA) is 89.4 Å². The van der Waals surface area contributed by atoms with E-state index < -0.39 is 0 Å². The monoisotopic (exact) mass is 424 g/mol. The number of nitrogens with zero attached hydrogens (tertiary/aromatic N) is 5. The first-order valence-electron chi connectivity index (χ1n) is 9.74. The van der Waals surface area contributed by atoms with Crippen molar-refractivity contribution >= 4 is 33.3 Å². The van der Waals surface area contributed by atoms with Crippen LogP contribution >= 0.6 is 23.1 Å². The van der Waals surface area contributed by atoms with Crippen LogP contribution in [0.3, 0.4) is 0 Å². The Hall–Kier alpha value is -2.52. The van der Waals surface area contributed by atoms with E-state index in [0.717, 1.165) is 52.6 Å². The summed E-state index contributed by atoms with van der Waals surface area (Å²) in [6.45, 7) is 2.83. The third-order valence-corrected chi connectivity index (χ3v) is 7.35. The lowest BCUT2D eigenvalue weighted by Crippen LogP contribution is -2.12. The Morgan fingerprint density at radius 2 is 2.03 bits per heavy atom. The van der Waals surface area contributed by atoms with Crippen molar-refractivity contribution in [2.45, 2.75) is 50.1 Å². The Morgan fingerprint density at radius 3 is 2.86 bits per heavy atom. The molecule has 1 N–H and O–H groups in total. The Morgan fingerprint density at radius 1 is 1.21 bits per heavy atom. The second kappa shape index (κ2) is 7.72. The lowest BCUT2D eigenvalue weighted by molar-refractivity contribution is 0.687. The summed E-state index contributed by atoms with van der Waals surface area (Å²) in [4.78, 5) is 26.7. The lowest BCUT2D eigenvalue weighted by atomic mass is 9.97. The molecule has 0 saturated carbocycles. The first kappa shape index (κ1) is 18.5. The molecule has 9 heteroatoms. The zero-order chi connectivity index (χ0) is 19.8. The van der Waals surface area contributed by atoms with Crippen LogP contribution in [-0.4, -0.2) is 29.7 Å². The molecule has 1 aliphatic rings. The predicted molar refractivity (Wildman–Crippen MR) is 115 cm³/mol. The van der Waals surface area contributed by atoms with E-state index in [9.17, 15) is 4.79 Å². The number of fused-ring (bicyclic) bond motifs is 3. The molecular formula is C20H20N6OS2. The van der Waals surface area contributed by atoms with E-state index in [-0.39, 0.29) is 5.56 Å². The van der Waals surface area contributed by atoms with Gasteiger partial charge in [0.1, 0.15) is 10.7 Å². The number of pyridine rings is 1. The van der Waals surface area contributed by atoms with Gasteiger partial charge in [0.05, 0.1) is 11.1 Å². The van der Waals surface area contributed by atoms with Crippen molar-refractivity contribution in [2.24, 2.45) is 0 Å². The van der Waals surface area contributed by atoms with Gasteiger partial charge in [-0.05, 0) is 50.3 Å². The predicted octanol–water partition coefficient (Wildman–Crippen LogP) is 3.83. The van der Waals surface area contributed by atoms with Gasteiger partial charge in [-0.3, -0.25) is 9.78 Å². The molecule has 0 unspecified atom stereocenters. The third-order valence-electron chi connectivity index (χ3n) is 5.18. The Kier molecular flexibility index (Phi) is 4.92. The number of H-pyrrole nitrogens is 1. The molecule has 29 heavy (non-hydrogen) atoms. The minimum Gasteiger partial charge on any atom is -0.309 e. The summed E-state index contributed by atoms with van der Waals surface area (Å²) in [6, 6.07) is 3.85. The fourth-order valence-electron chi connectivity index (χ4n) is 3.80. The quantitative estimate of drug-likeness (QED) is 0.490. The number of thioether (sulfide) groups is 1. The fraction of sp³-hybridized carbons (Fsp3) is 0.350. The van der Waals surface area contributed by atoms with Crippen molar-refractivity contribution in [1.29, 1.82) is 0 Å². The molecule has 1 aliphatic carbocycles. The highest BCUT2D eigenvalue weighted by molar-refractivity contribution is 7.98. The van der Waals surface area contributed by atoms with Gasteiger partial charge in [-0.25, -0.2) is 4.98 Å². The minimum absolute atomic E-state index is 0.0144. The summed E-state index contributed by atoms with van der Waals surface area (Å²) in [5, 5.41) is 10.3. The van der Waals surface area contributed by atoms with Crippen LogP contribution < -0.4 is 5.56 Å². The molecule has 0 fully saturated rings. The second-order valence-corrected chi connectivity index (χ2v) is 9.00. The number of aryl methyl sites for hydroxylation is 2. The van der Waals surface area contributed by atoms with Crippen LogP contribution in [0.2, 0.25) is 0 Å². The maximum atomic E-state index is 12.7. The summed E-state index contributed by atoms with van der Waals surface area (Å²) < 4.78 is 2.07. The third kappa shape index (κ3) is 3.38. The highest BCUT2D eigenvalue weighted by Gasteiger charge is 2.20. The van der Waals surface area contributed by atoms with Gasteiger partial charge in [0, 0.05) is 29.4 Å². The summed E-state index contributed by atoms with van der Waals surface area (Å²) in [7, 11) is 0. The average Bonchev–Trinajstić information content (AvgIpc) is 3.33. The molecule has 148 valence electrons. The number of hydrogen-bond donors (Lipinski definition) is 1. The summed E-state index contributed by atoms with van der Waals surface area (Å²) >= 11 is 3.22. The maximum absolute atomic E-state index is 12.7. The van der Waals surface area contributed by atoms with Gasteiger partial charge < -0.3 is 9.55 Å². The van der Waals surface area contributed by atoms with Crippen molar-refractivity contribution in [3.63, 3.8) is 0 Å². The van der Waals surface area contributed by atoms with Crippen LogP contribution in [-0.2, 0) is 25.1 Å². The lowest BCUT2D eigenvalue weighted by Gasteiger charge is -2.09. The smallest absolute Gasteiger partial charge is 0.259 e. The normalized spacial score (nSPS) is 13.7. The number of thiophene rings is 1. The second-order valence-electron chi connectivity index (χ2n) is 6.98. The summed E-state index contributed by atoms with van der Waals surface area (Å²) in [6.07, 6.45) is 7.92. The zero-order valence-electron chi connectivity index (χ0n) is 16.0. The molecule has 4 aromatic heterocycles. The van der Waals surface area contributed by atoms with Gasteiger partial charge in [0.25, 0.3) is 5.56 Å². The number of nitrogens with one attached hydrogen (secondary N) is 1. The summed E-state index contributed by atoms with van der Waals surface area (Å²) in [5.41, 5.74) is 2.19. The molecule has 0 bridgehead atoms. The van der Waals surface area contributed by atoms with Gasteiger partial charge >= 0.3 is 0 Å². The Labute approximate surface area is 175 Å². The molecule has 4 heterocycles. The Balaban J connectivity index is 1.43. The number of aromatic amines is 1. The highest BCUT2D eigenvalue weighted by atomic mass is 32.2. The van der Waals surface area contributed by atoms with Gasteiger partial charge in [0.2, 0.25) is 0 Å². The van der Waals surface area contributed by atoms with E-state index in [1.54, 1.807) is 23.7 Å². The van der Waals surface area contributed by atoms with Crippen molar-refractivity contribution in [3.05, 3.63) is 51.1 Å². The van der Waals surface area contributed by atoms with Crippen molar-refractivity contribution in [1.82, 2.24) is 29.7 Å². The van der Waals surface area contributed by atoms with E-state index in [0.29, 0.717) is 11.6 Å². The molecule has 0 spiro atoms. The molecule has 4 aromatic rings. The van der Waals surface area contributed by atoms with E-state index in [1.165, 1.54) is 28.6 Å². The van der Waals surface area contributed by atoms with E-state index in [2.05, 4.69) is 31.7 Å². The van der Waals surface area contributed by atoms with Crippen LogP contribution in [0.1, 0.15) is 36.0 Å². The fourth-order valence-corrected chi connectivity index (χ4v) is 5.96. The molecule has 0 aromatic carbocycles. The van der Waals surface area contributed by atoms with E-state index in [4.69, 9.17) is 4.98 Å². The first-order chi connectivity index (χ1) is 14.2. The molecule has 0 amide bonds. The molecule has 7 nitrogen and oxygen atoms in total. The van der Waals surface area contributed by atoms with Crippen LogP contribution in [0.4, 0.5) is 0 Å². The number of hydrogen-bond acceptors (Lipinski definition) is 7. The van der Waals surface area contributed by atoms with Crippen LogP contribution in [0.25, 0.3) is 21.6 Å². The minimum atomic E-state index is -0.0144. The van der Waals surface area contributed by atoms with Crippen molar-refractivity contribution in [3.8, 4) is 11.4 Å². The van der Waals surface area contributed by atoms with Gasteiger partial charge in [0.15, 0.2) is 11.0 Å². The van der Waals surface area contributed by atoms with Gasteiger partial charge in [-0.1, -0.05) is 11.8 Å². The van der Waals surface area contributed by atoms with Crippen molar-refractivity contribution < 1.29 is 0 Å². The molecule has 0 radical (unpaired) electrons. The first-order valence-corrected chi connectivity index (χ1v) is 11.5. The maximum Gasteiger partial charge on any atom is 0.259 e. The molecule has 0 aliphatic heterocycles. The standard InChI is InChI=1S/C20H20N6OS2/c1-2-26-17(12-7-9-21-10-8-12)24-25-20(26)28-11-15-22-18(27)16-13-5-3-4-6-14(13)29-19(16)23-15/h7-10H,2-6,11H2,1H3,(H,22,23,27). The average molecular weight is 425 g/mol. The van der Waals surface area contributed by atoms with Gasteiger partial charge in [-0.15, -0.1) is 21.5 Å². The molecule has 5 rings (SSSR count). The molecule has 0 atom stereocenters. The van der Waals surface area contributed by atoms with Crippen molar-refractivity contribution in [2.75, 3.05) is 0 Å². The van der Waals surface area contributed by atoms with Crippen LogP contribution in [0.5, 0.6) is 0 Å². The van der Waals surface area contributed by atoms with Crippen LogP contribution in [0.15, 0.2) is 34.5 Å². The summed E-state index contributed by atoms with van der Waals surface area (Å²) in [5.74, 6) is 2.05. The molecule has 0 saturated heterocycles. The van der Waals surface area contributed by atoms with Gasteiger partial charge in [-0.2, -0.15) is 0 Å². The Bertz CT molecular complexity index is 1230. The highest BCUT2D eigenvalue weighted by Crippen LogP contribution is 2.34. The zero-order valence-corrected chi connectivity index (χ0v) is 17.6. The van der Waals surface area contributed by atoms with E-state index >= 15 is 0 Å².